The van der Waals surface area contributed by atoms with Crippen molar-refractivity contribution in [2.75, 3.05) is 5.43 Å². The van der Waals surface area contributed by atoms with Gasteiger partial charge in [0.1, 0.15) is 0 Å². The van der Waals surface area contributed by atoms with Crippen LogP contribution in [0, 0.1) is 10.1 Å². The fourth-order valence-electron chi connectivity index (χ4n) is 1.98. The predicted octanol–water partition coefficient (Wildman–Crippen LogP) is 3.23. The maximum absolute atomic E-state index is 10.6. The number of rotatable bonds is 5. The predicted molar refractivity (Wildman–Crippen MR) is 87.9 cm³/mol. The molecule has 0 amide bonds. The first kappa shape index (κ1) is 14.5. The zero-order valence-corrected chi connectivity index (χ0v) is 12.0. The highest BCUT2D eigenvalue weighted by Gasteiger charge is 2.02. The van der Waals surface area contributed by atoms with Crippen molar-refractivity contribution in [2.45, 2.75) is 0 Å². The van der Waals surface area contributed by atoms with Crippen molar-refractivity contribution in [3.05, 3.63) is 82.9 Å². The Bertz CT molecular complexity index is 809. The van der Waals surface area contributed by atoms with Gasteiger partial charge in [-0.2, -0.15) is 5.10 Å². The van der Waals surface area contributed by atoms with E-state index < -0.39 is 4.92 Å². The fourth-order valence-corrected chi connectivity index (χ4v) is 1.98. The number of aromatic nitrogens is 2. The molecule has 0 atom stereocenters. The van der Waals surface area contributed by atoms with Gasteiger partial charge in [0.05, 0.1) is 23.2 Å². The Morgan fingerprint density at radius 1 is 1.13 bits per heavy atom. The average Bonchev–Trinajstić information content (AvgIpc) is 3.10. The molecule has 3 aromatic rings. The van der Waals surface area contributed by atoms with Crippen molar-refractivity contribution in [3.8, 4) is 5.69 Å². The third kappa shape index (κ3) is 3.59. The highest BCUT2D eigenvalue weighted by molar-refractivity contribution is 5.80. The topological polar surface area (TPSA) is 85.4 Å². The molecule has 1 N–H and O–H groups in total. The first-order valence-electron chi connectivity index (χ1n) is 6.84. The van der Waals surface area contributed by atoms with Gasteiger partial charge in [0.2, 0.25) is 0 Å². The fraction of sp³-hybridized carbons (Fsp3) is 0. The summed E-state index contributed by atoms with van der Waals surface area (Å²) in [4.78, 5) is 14.1. The molecule has 0 aliphatic rings. The summed E-state index contributed by atoms with van der Waals surface area (Å²) in [6, 6.07) is 13.9. The zero-order valence-electron chi connectivity index (χ0n) is 12.0. The van der Waals surface area contributed by atoms with E-state index in [4.69, 9.17) is 0 Å². The number of imidazole rings is 1. The lowest BCUT2D eigenvalue weighted by molar-refractivity contribution is -0.384. The molecule has 0 bridgehead atoms. The Morgan fingerprint density at radius 2 is 1.87 bits per heavy atom. The molecule has 0 saturated carbocycles. The monoisotopic (exact) mass is 307 g/mol. The van der Waals surface area contributed by atoms with Gasteiger partial charge in [-0.3, -0.25) is 15.5 Å². The number of anilines is 1. The number of nitrogens with zero attached hydrogens (tertiary/aromatic N) is 4. The minimum Gasteiger partial charge on any atom is -0.306 e. The first-order chi connectivity index (χ1) is 11.2. The number of hydrogen-bond acceptors (Lipinski definition) is 5. The summed E-state index contributed by atoms with van der Waals surface area (Å²) in [5.74, 6) is 0. The van der Waals surface area contributed by atoms with Crippen LogP contribution in [0.5, 0.6) is 0 Å². The van der Waals surface area contributed by atoms with Gasteiger partial charge in [-0.1, -0.05) is 12.1 Å². The summed E-state index contributed by atoms with van der Waals surface area (Å²) in [5.41, 5.74) is 5.52. The molecule has 7 nitrogen and oxygen atoms in total. The smallest absolute Gasteiger partial charge is 0.269 e. The molecule has 1 aromatic heterocycles. The summed E-state index contributed by atoms with van der Waals surface area (Å²) in [6.07, 6.45) is 7.01. The Morgan fingerprint density at radius 3 is 2.48 bits per heavy atom. The van der Waals surface area contributed by atoms with Gasteiger partial charge < -0.3 is 4.57 Å². The summed E-state index contributed by atoms with van der Waals surface area (Å²) in [5, 5.41) is 14.7. The van der Waals surface area contributed by atoms with Crippen LogP contribution in [0.2, 0.25) is 0 Å². The normalized spacial score (nSPS) is 10.8. The molecule has 0 aliphatic heterocycles. The molecule has 0 radical (unpaired) electrons. The van der Waals surface area contributed by atoms with E-state index in [2.05, 4.69) is 15.5 Å². The summed E-state index contributed by atoms with van der Waals surface area (Å²) in [7, 11) is 0. The van der Waals surface area contributed by atoms with Crippen LogP contribution in [0.3, 0.4) is 0 Å². The molecule has 2 aromatic carbocycles. The Balaban J connectivity index is 1.62. The number of non-ortho nitro benzene ring substituents is 1. The van der Waals surface area contributed by atoms with Gasteiger partial charge in [0.25, 0.3) is 5.69 Å². The van der Waals surface area contributed by atoms with E-state index in [9.17, 15) is 10.1 Å². The summed E-state index contributed by atoms with van der Waals surface area (Å²) < 4.78 is 1.91. The third-order valence-electron chi connectivity index (χ3n) is 3.18. The Labute approximate surface area is 132 Å². The summed E-state index contributed by atoms with van der Waals surface area (Å²) >= 11 is 0. The molecule has 0 spiro atoms. The molecule has 114 valence electrons. The first-order valence-corrected chi connectivity index (χ1v) is 6.84. The molecule has 23 heavy (non-hydrogen) atoms. The van der Waals surface area contributed by atoms with Crippen molar-refractivity contribution in [3.63, 3.8) is 0 Å². The van der Waals surface area contributed by atoms with E-state index in [1.54, 1.807) is 30.9 Å². The van der Waals surface area contributed by atoms with Crippen LogP contribution in [0.25, 0.3) is 5.69 Å². The van der Waals surface area contributed by atoms with Crippen LogP contribution < -0.4 is 5.43 Å². The molecule has 0 unspecified atom stereocenters. The van der Waals surface area contributed by atoms with Gasteiger partial charge in [-0.25, -0.2) is 4.98 Å². The highest BCUT2D eigenvalue weighted by Crippen LogP contribution is 2.15. The second kappa shape index (κ2) is 6.52. The lowest BCUT2D eigenvalue weighted by atomic mass is 10.2. The standard InChI is InChI=1S/C16H13N5O2/c22-21(23)16-7-3-14(4-8-16)19-18-11-13-1-5-15(6-2-13)20-10-9-17-12-20/h1-12,19H/b18-11+. The van der Waals surface area contributed by atoms with Crippen LogP contribution in [-0.2, 0) is 0 Å². The molecule has 0 fully saturated rings. The number of nitrogens with one attached hydrogen (secondary N) is 1. The van der Waals surface area contributed by atoms with Crippen molar-refractivity contribution < 1.29 is 4.92 Å². The van der Waals surface area contributed by atoms with Crippen LogP contribution >= 0.6 is 0 Å². The molecule has 3 rings (SSSR count). The van der Waals surface area contributed by atoms with Gasteiger partial charge in [-0.05, 0) is 29.8 Å². The number of hydrogen-bond donors (Lipinski definition) is 1. The van der Waals surface area contributed by atoms with Gasteiger partial charge >= 0.3 is 0 Å². The molecule has 0 aliphatic carbocycles. The van der Waals surface area contributed by atoms with Crippen LogP contribution in [0.15, 0.2) is 72.4 Å². The molecule has 0 saturated heterocycles. The van der Waals surface area contributed by atoms with E-state index in [0.29, 0.717) is 5.69 Å². The van der Waals surface area contributed by atoms with Crippen molar-refractivity contribution in [1.82, 2.24) is 9.55 Å². The number of nitro groups is 1. The third-order valence-corrected chi connectivity index (χ3v) is 3.18. The van der Waals surface area contributed by atoms with Gasteiger partial charge in [0.15, 0.2) is 0 Å². The largest absolute Gasteiger partial charge is 0.306 e. The van der Waals surface area contributed by atoms with Crippen molar-refractivity contribution >= 4 is 17.6 Å². The lowest BCUT2D eigenvalue weighted by Gasteiger charge is -2.02. The molecule has 7 heteroatoms. The molecule has 1 heterocycles. The molecular weight excluding hydrogens is 294 g/mol. The quantitative estimate of drug-likeness (QED) is 0.445. The van der Waals surface area contributed by atoms with E-state index in [1.165, 1.54) is 12.1 Å². The Kier molecular flexibility index (Phi) is 4.10. The van der Waals surface area contributed by atoms with E-state index in [1.807, 2.05) is 35.0 Å². The van der Waals surface area contributed by atoms with Gasteiger partial charge in [0, 0.05) is 30.2 Å². The number of nitro benzene ring substituents is 1. The maximum Gasteiger partial charge on any atom is 0.269 e. The Hall–Kier alpha value is -3.48. The van der Waals surface area contributed by atoms with Crippen molar-refractivity contribution in [2.24, 2.45) is 5.10 Å². The minimum absolute atomic E-state index is 0.0506. The van der Waals surface area contributed by atoms with E-state index >= 15 is 0 Å². The second-order valence-corrected chi connectivity index (χ2v) is 4.74. The number of benzene rings is 2. The average molecular weight is 307 g/mol. The van der Waals surface area contributed by atoms with E-state index in [-0.39, 0.29) is 5.69 Å². The maximum atomic E-state index is 10.6. The van der Waals surface area contributed by atoms with Crippen molar-refractivity contribution in [1.29, 1.82) is 0 Å². The molecular formula is C16H13N5O2. The minimum atomic E-state index is -0.436. The zero-order chi connectivity index (χ0) is 16.1. The van der Waals surface area contributed by atoms with Crippen LogP contribution in [0.4, 0.5) is 11.4 Å². The van der Waals surface area contributed by atoms with Gasteiger partial charge in [-0.15, -0.1) is 0 Å². The van der Waals surface area contributed by atoms with Crippen LogP contribution in [-0.4, -0.2) is 20.7 Å². The van der Waals surface area contributed by atoms with E-state index in [0.717, 1.165) is 11.3 Å². The highest BCUT2D eigenvalue weighted by atomic mass is 16.6. The lowest BCUT2D eigenvalue weighted by Crippen LogP contribution is -1.93. The van der Waals surface area contributed by atoms with Crippen LogP contribution in [0.1, 0.15) is 5.56 Å². The summed E-state index contributed by atoms with van der Waals surface area (Å²) in [6.45, 7) is 0. The second-order valence-electron chi connectivity index (χ2n) is 4.74. The number of hydrazone groups is 1. The SMILES string of the molecule is O=[N+]([O-])c1ccc(N/N=C/c2ccc(-n3ccnc3)cc2)cc1.